The molecule has 5 heteroatoms. The molecule has 1 fully saturated rings. The molecule has 0 spiro atoms. The van der Waals surface area contributed by atoms with E-state index in [1.165, 1.54) is 19.3 Å². The van der Waals surface area contributed by atoms with Crippen molar-refractivity contribution in [2.75, 3.05) is 31.6 Å². The highest BCUT2D eigenvalue weighted by Crippen LogP contribution is 2.09. The summed E-state index contributed by atoms with van der Waals surface area (Å²) < 4.78 is 5.14. The molecule has 1 rings (SSSR count). The average molecular weight is 343 g/mol. The zero-order valence-corrected chi connectivity index (χ0v) is 11.9. The predicted octanol–water partition coefficient (Wildman–Crippen LogP) is 2.17. The van der Waals surface area contributed by atoms with Crippen LogP contribution in [0.1, 0.15) is 19.3 Å². The van der Waals surface area contributed by atoms with Crippen LogP contribution in [0, 0.1) is 0 Å². The van der Waals surface area contributed by atoms with E-state index in [2.05, 4.69) is 36.8 Å². The summed E-state index contributed by atoms with van der Waals surface area (Å²) in [4.78, 5) is 13.4. The molecule has 88 valence electrons. The summed E-state index contributed by atoms with van der Waals surface area (Å²) in [6.45, 7) is 3.67. The van der Waals surface area contributed by atoms with E-state index in [0.29, 0.717) is 11.9 Å². The molecule has 1 unspecified atom stereocenters. The summed E-state index contributed by atoms with van der Waals surface area (Å²) in [7, 11) is 0. The van der Waals surface area contributed by atoms with E-state index < -0.39 is 0 Å². The van der Waals surface area contributed by atoms with Gasteiger partial charge >= 0.3 is 5.97 Å². The number of halogens is 2. The van der Waals surface area contributed by atoms with Crippen molar-refractivity contribution >= 4 is 37.8 Å². The van der Waals surface area contributed by atoms with Gasteiger partial charge in [-0.05, 0) is 25.9 Å². The molecule has 0 bridgehead atoms. The summed E-state index contributed by atoms with van der Waals surface area (Å²) >= 11 is 6.46. The number of ether oxygens (including phenoxy) is 1. The van der Waals surface area contributed by atoms with Crippen molar-refractivity contribution in [1.82, 2.24) is 4.90 Å². The Morgan fingerprint density at radius 2 is 2.00 bits per heavy atom. The standard InChI is InChI=1S/C10H17Br2NO2/c11-8-9(12)10(14)15-7-6-13-4-2-1-3-5-13/h9H,1-8H2. The lowest BCUT2D eigenvalue weighted by atomic mass is 10.1. The summed E-state index contributed by atoms with van der Waals surface area (Å²) in [6.07, 6.45) is 3.89. The molecule has 0 aromatic rings. The largest absolute Gasteiger partial charge is 0.463 e. The third kappa shape index (κ3) is 5.31. The molecule has 0 aromatic heterocycles. The summed E-state index contributed by atoms with van der Waals surface area (Å²) in [5, 5.41) is 0.593. The van der Waals surface area contributed by atoms with Crippen molar-refractivity contribution in [2.24, 2.45) is 0 Å². The monoisotopic (exact) mass is 341 g/mol. The minimum Gasteiger partial charge on any atom is -0.463 e. The summed E-state index contributed by atoms with van der Waals surface area (Å²) in [5.41, 5.74) is 0. The number of carbonyl (C=O) groups excluding carboxylic acids is 1. The van der Waals surface area contributed by atoms with Crippen LogP contribution in [-0.2, 0) is 9.53 Å². The van der Waals surface area contributed by atoms with Crippen LogP contribution in [-0.4, -0.2) is 47.3 Å². The molecule has 0 N–H and O–H groups in total. The van der Waals surface area contributed by atoms with E-state index in [1.54, 1.807) is 0 Å². The molecule has 0 aromatic carbocycles. The minimum atomic E-state index is -0.223. The van der Waals surface area contributed by atoms with E-state index in [4.69, 9.17) is 4.74 Å². The van der Waals surface area contributed by atoms with Crippen molar-refractivity contribution in [2.45, 2.75) is 24.1 Å². The first-order valence-corrected chi connectivity index (χ1v) is 7.37. The normalized spacial score (nSPS) is 19.9. The fourth-order valence-electron chi connectivity index (χ4n) is 1.61. The molecule has 1 atom stereocenters. The summed E-state index contributed by atoms with van der Waals surface area (Å²) in [5.74, 6) is -0.177. The number of rotatable bonds is 5. The van der Waals surface area contributed by atoms with Crippen molar-refractivity contribution in [3.05, 3.63) is 0 Å². The highest BCUT2D eigenvalue weighted by Gasteiger charge is 2.15. The lowest BCUT2D eigenvalue weighted by Gasteiger charge is -2.26. The minimum absolute atomic E-state index is 0.177. The van der Waals surface area contributed by atoms with Crippen molar-refractivity contribution in [1.29, 1.82) is 0 Å². The van der Waals surface area contributed by atoms with Gasteiger partial charge in [0.05, 0.1) is 0 Å². The Morgan fingerprint density at radius 1 is 1.33 bits per heavy atom. The quantitative estimate of drug-likeness (QED) is 0.566. The Labute approximate surface area is 108 Å². The number of alkyl halides is 2. The van der Waals surface area contributed by atoms with Gasteiger partial charge in [0.2, 0.25) is 0 Å². The molecule has 1 saturated heterocycles. The molecule has 1 aliphatic heterocycles. The van der Waals surface area contributed by atoms with Crippen LogP contribution >= 0.6 is 31.9 Å². The van der Waals surface area contributed by atoms with Crippen LogP contribution in [0.3, 0.4) is 0 Å². The molecule has 0 radical (unpaired) electrons. The second-order valence-corrected chi connectivity index (χ2v) is 5.44. The first-order valence-electron chi connectivity index (χ1n) is 5.33. The zero-order chi connectivity index (χ0) is 11.1. The number of nitrogens with zero attached hydrogens (tertiary/aromatic N) is 1. The molecule has 0 aliphatic carbocycles. The Balaban J connectivity index is 2.07. The van der Waals surface area contributed by atoms with Gasteiger partial charge in [-0.2, -0.15) is 0 Å². The second-order valence-electron chi connectivity index (χ2n) is 3.69. The molecular formula is C10H17Br2NO2. The van der Waals surface area contributed by atoms with E-state index in [-0.39, 0.29) is 10.8 Å². The Bertz CT molecular complexity index is 196. The van der Waals surface area contributed by atoms with E-state index in [9.17, 15) is 4.79 Å². The SMILES string of the molecule is O=C(OCCN1CCCCC1)C(Br)CBr. The highest BCUT2D eigenvalue weighted by molar-refractivity contribution is 9.12. The van der Waals surface area contributed by atoms with Crippen LogP contribution in [0.4, 0.5) is 0 Å². The second kappa shape index (κ2) is 7.63. The van der Waals surface area contributed by atoms with Gasteiger partial charge in [0, 0.05) is 11.9 Å². The van der Waals surface area contributed by atoms with Crippen LogP contribution in [0.2, 0.25) is 0 Å². The average Bonchev–Trinajstić information content (AvgIpc) is 2.29. The Morgan fingerprint density at radius 3 is 2.60 bits per heavy atom. The molecule has 0 amide bonds. The van der Waals surface area contributed by atoms with Crippen LogP contribution < -0.4 is 0 Å². The van der Waals surface area contributed by atoms with Gasteiger partial charge < -0.3 is 4.74 Å². The predicted molar refractivity (Wildman–Crippen MR) is 67.8 cm³/mol. The van der Waals surface area contributed by atoms with Crippen LogP contribution in [0.25, 0.3) is 0 Å². The maximum Gasteiger partial charge on any atom is 0.320 e. The van der Waals surface area contributed by atoms with Gasteiger partial charge in [0.1, 0.15) is 11.4 Å². The fourth-order valence-corrected chi connectivity index (χ4v) is 2.01. The lowest BCUT2D eigenvalue weighted by molar-refractivity contribution is -0.142. The van der Waals surface area contributed by atoms with Crippen molar-refractivity contribution in [3.8, 4) is 0 Å². The number of hydrogen-bond donors (Lipinski definition) is 0. The van der Waals surface area contributed by atoms with Gasteiger partial charge in [-0.1, -0.05) is 38.3 Å². The topological polar surface area (TPSA) is 29.5 Å². The smallest absolute Gasteiger partial charge is 0.320 e. The number of piperidine rings is 1. The molecule has 1 aliphatic rings. The first-order chi connectivity index (χ1) is 7.24. The molecular weight excluding hydrogens is 326 g/mol. The van der Waals surface area contributed by atoms with Crippen molar-refractivity contribution in [3.63, 3.8) is 0 Å². The fraction of sp³-hybridized carbons (Fsp3) is 0.900. The maximum atomic E-state index is 11.3. The van der Waals surface area contributed by atoms with Crippen LogP contribution in [0.5, 0.6) is 0 Å². The molecule has 3 nitrogen and oxygen atoms in total. The third-order valence-corrected chi connectivity index (χ3v) is 4.71. The highest BCUT2D eigenvalue weighted by atomic mass is 79.9. The maximum absolute atomic E-state index is 11.3. The number of carbonyl (C=O) groups is 1. The van der Waals surface area contributed by atoms with Crippen molar-refractivity contribution < 1.29 is 9.53 Å². The molecule has 0 saturated carbocycles. The summed E-state index contributed by atoms with van der Waals surface area (Å²) in [6, 6.07) is 0. The van der Waals surface area contributed by atoms with E-state index in [1.807, 2.05) is 0 Å². The number of esters is 1. The molecule has 15 heavy (non-hydrogen) atoms. The Kier molecular flexibility index (Phi) is 6.84. The van der Waals surface area contributed by atoms with Gasteiger partial charge in [0.15, 0.2) is 0 Å². The number of likely N-dealkylation sites (tertiary alicyclic amines) is 1. The molecule has 1 heterocycles. The van der Waals surface area contributed by atoms with Crippen LogP contribution in [0.15, 0.2) is 0 Å². The number of hydrogen-bond acceptors (Lipinski definition) is 3. The van der Waals surface area contributed by atoms with Gasteiger partial charge in [-0.15, -0.1) is 0 Å². The van der Waals surface area contributed by atoms with E-state index >= 15 is 0 Å². The first kappa shape index (κ1) is 13.5. The lowest BCUT2D eigenvalue weighted by Crippen LogP contribution is -2.33. The Hall–Kier alpha value is 0.390. The van der Waals surface area contributed by atoms with Gasteiger partial charge in [-0.3, -0.25) is 9.69 Å². The van der Waals surface area contributed by atoms with Gasteiger partial charge in [0.25, 0.3) is 0 Å². The van der Waals surface area contributed by atoms with Gasteiger partial charge in [-0.25, -0.2) is 0 Å². The zero-order valence-electron chi connectivity index (χ0n) is 8.75. The van der Waals surface area contributed by atoms with E-state index in [0.717, 1.165) is 19.6 Å². The third-order valence-electron chi connectivity index (χ3n) is 2.49.